The highest BCUT2D eigenvalue weighted by atomic mass is 16.6. The molecule has 0 bridgehead atoms. The summed E-state index contributed by atoms with van der Waals surface area (Å²) in [7, 11) is 0. The molecule has 0 fully saturated rings. The first kappa shape index (κ1) is 15.5. The largest absolute Gasteiger partial charge is 0.450 e. The highest BCUT2D eigenvalue weighted by Gasteiger charge is 2.21. The number of amides is 1. The van der Waals surface area contributed by atoms with E-state index in [4.69, 9.17) is 4.74 Å². The summed E-state index contributed by atoms with van der Waals surface area (Å²) in [5.74, 6) is 0. The van der Waals surface area contributed by atoms with E-state index in [1.807, 2.05) is 25.1 Å². The molecule has 0 aliphatic carbocycles. The summed E-state index contributed by atoms with van der Waals surface area (Å²) in [5, 5.41) is 0. The number of nitrogens with zero attached hydrogens (tertiary/aromatic N) is 1. The Hall–Kier alpha value is -1.51. The van der Waals surface area contributed by atoms with Crippen LogP contribution < -0.4 is 0 Å². The topological polar surface area (TPSA) is 29.5 Å². The lowest BCUT2D eigenvalue weighted by Gasteiger charge is -2.29. The van der Waals surface area contributed by atoms with Crippen LogP contribution in [0.1, 0.15) is 33.3 Å². The van der Waals surface area contributed by atoms with Crippen molar-refractivity contribution >= 4 is 6.09 Å². The molecule has 0 aliphatic heterocycles. The Balaban J connectivity index is 2.61. The van der Waals surface area contributed by atoms with Crippen LogP contribution in [0, 0.1) is 5.41 Å². The molecule has 0 aromatic heterocycles. The molecule has 0 N–H and O–H groups in total. The smallest absolute Gasteiger partial charge is 0.409 e. The Labute approximate surface area is 116 Å². The van der Waals surface area contributed by atoms with Crippen molar-refractivity contribution in [1.29, 1.82) is 0 Å². The van der Waals surface area contributed by atoms with Crippen molar-refractivity contribution in [2.75, 3.05) is 19.7 Å². The van der Waals surface area contributed by atoms with E-state index in [0.717, 1.165) is 6.42 Å². The number of hydrogen-bond acceptors (Lipinski definition) is 2. The lowest BCUT2D eigenvalue weighted by atomic mass is 9.96. The van der Waals surface area contributed by atoms with Crippen LogP contribution >= 0.6 is 0 Å². The summed E-state index contributed by atoms with van der Waals surface area (Å²) in [5.41, 5.74) is 1.31. The third-order valence-electron chi connectivity index (χ3n) is 2.70. The number of ether oxygens (including phenoxy) is 1. The number of hydrogen-bond donors (Lipinski definition) is 0. The van der Waals surface area contributed by atoms with Crippen molar-refractivity contribution in [3.8, 4) is 0 Å². The molecule has 0 spiro atoms. The van der Waals surface area contributed by atoms with Crippen LogP contribution in [-0.4, -0.2) is 30.7 Å². The normalized spacial score (nSPS) is 11.2. The van der Waals surface area contributed by atoms with Gasteiger partial charge in [0.1, 0.15) is 0 Å². The first-order valence-electron chi connectivity index (χ1n) is 6.88. The second kappa shape index (κ2) is 7.17. The molecule has 3 heteroatoms. The maximum atomic E-state index is 11.9. The average Bonchev–Trinajstić information content (AvgIpc) is 2.34. The number of carbonyl (C=O) groups is 1. The lowest BCUT2D eigenvalue weighted by molar-refractivity contribution is 0.0936. The predicted octanol–water partition coefficient (Wildman–Crippen LogP) is 3.73. The molecule has 1 aromatic carbocycles. The van der Waals surface area contributed by atoms with Crippen LogP contribution in [-0.2, 0) is 11.2 Å². The zero-order valence-electron chi connectivity index (χ0n) is 12.5. The fourth-order valence-corrected chi connectivity index (χ4v) is 1.93. The average molecular weight is 263 g/mol. The van der Waals surface area contributed by atoms with Crippen molar-refractivity contribution in [3.63, 3.8) is 0 Å². The van der Waals surface area contributed by atoms with E-state index in [1.54, 1.807) is 4.90 Å². The van der Waals surface area contributed by atoms with Crippen molar-refractivity contribution in [2.24, 2.45) is 5.41 Å². The van der Waals surface area contributed by atoms with E-state index in [9.17, 15) is 4.79 Å². The summed E-state index contributed by atoms with van der Waals surface area (Å²) in [6.45, 7) is 10.0. The van der Waals surface area contributed by atoms with Crippen LogP contribution in [0.2, 0.25) is 0 Å². The molecule has 0 saturated carbocycles. The minimum Gasteiger partial charge on any atom is -0.450 e. The summed E-state index contributed by atoms with van der Waals surface area (Å²) in [4.78, 5) is 13.7. The number of benzene rings is 1. The van der Waals surface area contributed by atoms with Gasteiger partial charge >= 0.3 is 6.09 Å². The van der Waals surface area contributed by atoms with Gasteiger partial charge in [-0.25, -0.2) is 4.79 Å². The standard InChI is InChI=1S/C16H25NO2/c1-5-19-15(18)17(13-16(2,3)4)12-11-14-9-7-6-8-10-14/h6-10H,5,11-13H2,1-4H3. The quantitative estimate of drug-likeness (QED) is 0.810. The van der Waals surface area contributed by atoms with E-state index < -0.39 is 0 Å². The van der Waals surface area contributed by atoms with Gasteiger partial charge in [-0.3, -0.25) is 0 Å². The number of rotatable bonds is 5. The molecule has 3 nitrogen and oxygen atoms in total. The first-order valence-corrected chi connectivity index (χ1v) is 6.88. The van der Waals surface area contributed by atoms with Crippen molar-refractivity contribution in [2.45, 2.75) is 34.1 Å². The molecule has 0 heterocycles. The summed E-state index contributed by atoms with van der Waals surface area (Å²) >= 11 is 0. The predicted molar refractivity (Wildman–Crippen MR) is 78.2 cm³/mol. The third kappa shape index (κ3) is 6.27. The van der Waals surface area contributed by atoms with Gasteiger partial charge in [0.05, 0.1) is 6.61 Å². The lowest BCUT2D eigenvalue weighted by Crippen LogP contribution is -2.39. The fraction of sp³-hybridized carbons (Fsp3) is 0.562. The molecule has 0 atom stereocenters. The zero-order valence-corrected chi connectivity index (χ0v) is 12.5. The SMILES string of the molecule is CCOC(=O)N(CCc1ccccc1)CC(C)(C)C. The van der Waals surface area contributed by atoms with E-state index in [-0.39, 0.29) is 11.5 Å². The fourth-order valence-electron chi connectivity index (χ4n) is 1.93. The molecule has 1 rings (SSSR count). The van der Waals surface area contributed by atoms with E-state index in [1.165, 1.54) is 5.56 Å². The van der Waals surface area contributed by atoms with Crippen molar-refractivity contribution in [3.05, 3.63) is 35.9 Å². The first-order chi connectivity index (χ1) is 8.92. The molecule has 106 valence electrons. The summed E-state index contributed by atoms with van der Waals surface area (Å²) in [6, 6.07) is 10.2. The third-order valence-corrected chi connectivity index (χ3v) is 2.70. The van der Waals surface area contributed by atoms with E-state index in [2.05, 4.69) is 32.9 Å². The molecule has 0 saturated heterocycles. The van der Waals surface area contributed by atoms with Crippen LogP contribution in [0.4, 0.5) is 4.79 Å². The Morgan fingerprint density at radius 3 is 2.37 bits per heavy atom. The van der Waals surface area contributed by atoms with Crippen molar-refractivity contribution in [1.82, 2.24) is 4.90 Å². The second-order valence-electron chi connectivity index (χ2n) is 5.92. The van der Waals surface area contributed by atoms with Crippen LogP contribution in [0.25, 0.3) is 0 Å². The molecule has 0 aliphatic rings. The Kier molecular flexibility index (Phi) is 5.87. The molecule has 1 aromatic rings. The van der Waals surface area contributed by atoms with Crippen LogP contribution in [0.5, 0.6) is 0 Å². The molecule has 0 radical (unpaired) electrons. The van der Waals surface area contributed by atoms with Crippen molar-refractivity contribution < 1.29 is 9.53 Å². The van der Waals surface area contributed by atoms with Crippen LogP contribution in [0.3, 0.4) is 0 Å². The van der Waals surface area contributed by atoms with Crippen LogP contribution in [0.15, 0.2) is 30.3 Å². The van der Waals surface area contributed by atoms with E-state index >= 15 is 0 Å². The summed E-state index contributed by atoms with van der Waals surface area (Å²) < 4.78 is 5.13. The minimum absolute atomic E-state index is 0.0729. The Morgan fingerprint density at radius 2 is 1.84 bits per heavy atom. The highest BCUT2D eigenvalue weighted by molar-refractivity contribution is 5.67. The Morgan fingerprint density at radius 1 is 1.21 bits per heavy atom. The van der Waals surface area contributed by atoms with Gasteiger partial charge in [-0.05, 0) is 24.3 Å². The number of carbonyl (C=O) groups excluding carboxylic acids is 1. The van der Waals surface area contributed by atoms with Gasteiger partial charge in [0, 0.05) is 13.1 Å². The monoisotopic (exact) mass is 263 g/mol. The van der Waals surface area contributed by atoms with Gasteiger partial charge in [-0.2, -0.15) is 0 Å². The zero-order chi connectivity index (χ0) is 14.3. The molecule has 1 amide bonds. The molecular formula is C16H25NO2. The van der Waals surface area contributed by atoms with Gasteiger partial charge in [0.15, 0.2) is 0 Å². The Bertz CT molecular complexity index is 381. The van der Waals surface area contributed by atoms with E-state index in [0.29, 0.717) is 19.7 Å². The molecule has 19 heavy (non-hydrogen) atoms. The van der Waals surface area contributed by atoms with Gasteiger partial charge in [0.2, 0.25) is 0 Å². The molecular weight excluding hydrogens is 238 g/mol. The highest BCUT2D eigenvalue weighted by Crippen LogP contribution is 2.16. The maximum Gasteiger partial charge on any atom is 0.409 e. The minimum atomic E-state index is -0.214. The van der Waals surface area contributed by atoms with Gasteiger partial charge in [-0.1, -0.05) is 51.1 Å². The summed E-state index contributed by atoms with van der Waals surface area (Å²) in [6.07, 6.45) is 0.642. The van der Waals surface area contributed by atoms with Gasteiger partial charge in [0.25, 0.3) is 0 Å². The van der Waals surface area contributed by atoms with Gasteiger partial charge < -0.3 is 9.64 Å². The molecule has 0 unspecified atom stereocenters. The van der Waals surface area contributed by atoms with Gasteiger partial charge in [-0.15, -0.1) is 0 Å². The maximum absolute atomic E-state index is 11.9. The second-order valence-corrected chi connectivity index (χ2v) is 5.92.